The van der Waals surface area contributed by atoms with Gasteiger partial charge in [-0.3, -0.25) is 9.13 Å². The Morgan fingerprint density at radius 1 is 0.233 bits per heavy atom. The molecule has 86 heavy (non-hydrogen) atoms. The van der Waals surface area contributed by atoms with Gasteiger partial charge in [-0.1, -0.05) is 231 Å². The van der Waals surface area contributed by atoms with Crippen LogP contribution < -0.4 is 0 Å². The molecule has 0 saturated carbocycles. The standard InChI is InChI=1S/C78H50N8/c1-5-23-49(24-6-1)65-47-67(59-33-15-19-37-69(59)85-71-39-21-17-35-63(71)83-77(85)51-27-9-3-10-28-51)81-75(79-65)53-41-43-57-61(45-53)73-55-31-13-14-32-56(55)74(57)62-46-54(42-44-58(62)73)76-80-66(50-25-7-2-8-26-50)48-68(82-76)60-34-16-20-38-70(60)86-72-40-22-18-36-64(72)84-78(86)52-29-11-4-12-30-52/h1-48,73-74H. The van der Waals surface area contributed by atoms with Crippen molar-refractivity contribution in [1.29, 1.82) is 0 Å². The van der Waals surface area contributed by atoms with Crippen LogP contribution in [0.5, 0.6) is 0 Å². The molecule has 11 aromatic carbocycles. The lowest BCUT2D eigenvalue weighted by Crippen LogP contribution is -2.27. The first kappa shape index (κ1) is 49.2. The Morgan fingerprint density at radius 3 is 1.00 bits per heavy atom. The van der Waals surface area contributed by atoms with E-state index in [-0.39, 0.29) is 11.8 Å². The largest absolute Gasteiger partial charge is 0.292 e. The van der Waals surface area contributed by atoms with Crippen molar-refractivity contribution in [2.45, 2.75) is 11.8 Å². The Morgan fingerprint density at radius 2 is 0.570 bits per heavy atom. The number of benzene rings is 11. The Kier molecular flexibility index (Phi) is 11.5. The van der Waals surface area contributed by atoms with Crippen LogP contribution in [-0.2, 0) is 0 Å². The molecule has 0 fully saturated rings. The van der Waals surface area contributed by atoms with Crippen molar-refractivity contribution in [1.82, 2.24) is 39.0 Å². The fourth-order valence-electron chi connectivity index (χ4n) is 13.3. The monoisotopic (exact) mass is 1100 g/mol. The first-order valence-electron chi connectivity index (χ1n) is 29.2. The maximum Gasteiger partial charge on any atom is 0.160 e. The van der Waals surface area contributed by atoms with E-state index in [9.17, 15) is 0 Å². The second-order valence-electron chi connectivity index (χ2n) is 22.1. The quantitative estimate of drug-likeness (QED) is 0.136. The van der Waals surface area contributed by atoms with Gasteiger partial charge in [-0.25, -0.2) is 29.9 Å². The highest BCUT2D eigenvalue weighted by Gasteiger charge is 2.42. The smallest absolute Gasteiger partial charge is 0.160 e. The van der Waals surface area contributed by atoms with Crippen LogP contribution >= 0.6 is 0 Å². The van der Waals surface area contributed by atoms with Crippen LogP contribution in [0.2, 0.25) is 0 Å². The van der Waals surface area contributed by atoms with Gasteiger partial charge in [-0.15, -0.1) is 0 Å². The Hall–Kier alpha value is -11.5. The highest BCUT2D eigenvalue weighted by atomic mass is 15.1. The Labute approximate surface area is 496 Å². The molecule has 4 heterocycles. The summed E-state index contributed by atoms with van der Waals surface area (Å²) in [5, 5.41) is 0. The van der Waals surface area contributed by atoms with E-state index in [1.165, 1.54) is 33.4 Å². The molecule has 0 spiro atoms. The van der Waals surface area contributed by atoms with Crippen molar-refractivity contribution in [2.75, 3.05) is 0 Å². The molecule has 3 aliphatic carbocycles. The van der Waals surface area contributed by atoms with Gasteiger partial charge in [0.05, 0.1) is 56.2 Å². The summed E-state index contributed by atoms with van der Waals surface area (Å²) in [5.74, 6) is 3.00. The van der Waals surface area contributed by atoms with Crippen molar-refractivity contribution in [3.8, 4) is 102 Å². The molecule has 2 bridgehead atoms. The number of hydrogen-bond acceptors (Lipinski definition) is 6. The molecule has 0 aliphatic heterocycles. The molecule has 0 radical (unpaired) electrons. The first-order chi connectivity index (χ1) is 42.6. The first-order valence-corrected chi connectivity index (χ1v) is 29.2. The zero-order valence-corrected chi connectivity index (χ0v) is 46.4. The van der Waals surface area contributed by atoms with E-state index >= 15 is 0 Å². The summed E-state index contributed by atoms with van der Waals surface area (Å²) in [7, 11) is 0. The minimum Gasteiger partial charge on any atom is -0.292 e. The minimum atomic E-state index is -0.0264. The molecule has 8 heteroatoms. The topological polar surface area (TPSA) is 87.2 Å². The second kappa shape index (κ2) is 20.2. The predicted octanol–water partition coefficient (Wildman–Crippen LogP) is 18.3. The normalized spacial score (nSPS) is 13.8. The maximum absolute atomic E-state index is 5.54. The van der Waals surface area contributed by atoms with Crippen molar-refractivity contribution in [3.63, 3.8) is 0 Å². The Bertz CT molecular complexity index is 4810. The van der Waals surface area contributed by atoms with E-state index in [1.54, 1.807) is 0 Å². The van der Waals surface area contributed by atoms with Gasteiger partial charge in [0.2, 0.25) is 0 Å². The van der Waals surface area contributed by atoms with Crippen molar-refractivity contribution >= 4 is 22.1 Å². The van der Waals surface area contributed by atoms with Gasteiger partial charge in [-0.2, -0.15) is 0 Å². The minimum absolute atomic E-state index is 0.0264. The molecule has 0 N–H and O–H groups in total. The summed E-state index contributed by atoms with van der Waals surface area (Å²) >= 11 is 0. The lowest BCUT2D eigenvalue weighted by Gasteiger charge is -2.42. The van der Waals surface area contributed by atoms with Gasteiger partial charge in [0.15, 0.2) is 11.6 Å². The van der Waals surface area contributed by atoms with Crippen molar-refractivity contribution in [3.05, 3.63) is 325 Å². The summed E-state index contributed by atoms with van der Waals surface area (Å²) in [4.78, 5) is 32.3. The molecule has 3 aliphatic rings. The number of imidazole rings is 2. The predicted molar refractivity (Wildman–Crippen MR) is 345 cm³/mol. The van der Waals surface area contributed by atoms with E-state index in [1.807, 2.05) is 36.4 Å². The van der Waals surface area contributed by atoms with Crippen LogP contribution in [0.4, 0.5) is 0 Å². The number of fused-ring (bicyclic) bond motifs is 2. The number of rotatable bonds is 10. The maximum atomic E-state index is 5.54. The van der Waals surface area contributed by atoms with Gasteiger partial charge < -0.3 is 0 Å². The van der Waals surface area contributed by atoms with Crippen molar-refractivity contribution < 1.29 is 0 Å². The third kappa shape index (κ3) is 8.14. The van der Waals surface area contributed by atoms with Crippen LogP contribution in [-0.4, -0.2) is 39.0 Å². The van der Waals surface area contributed by atoms with E-state index in [0.717, 1.165) is 112 Å². The van der Waals surface area contributed by atoms with E-state index in [0.29, 0.717) is 11.6 Å². The van der Waals surface area contributed by atoms with Crippen LogP contribution in [0.15, 0.2) is 291 Å². The number of hydrogen-bond donors (Lipinski definition) is 0. The lowest BCUT2D eigenvalue weighted by atomic mass is 9.61. The third-order valence-electron chi connectivity index (χ3n) is 17.2. The molecule has 15 aromatic rings. The average Bonchev–Trinajstić information content (AvgIpc) is 1.05. The van der Waals surface area contributed by atoms with Crippen LogP contribution in [0, 0.1) is 0 Å². The fraction of sp³-hybridized carbons (Fsp3) is 0.0256. The zero-order chi connectivity index (χ0) is 56.7. The zero-order valence-electron chi connectivity index (χ0n) is 46.4. The SMILES string of the molecule is c1ccc(-c2cc(-c3ccccc3-n3c(-c4ccccc4)nc4ccccc43)nc(-c3ccc4c(c3)C3c5ccccc5C4c4cc(-c5nc(-c6ccccc6)cc(-c6ccccc6-n6c(-c7ccccc7)nc7ccccc76)n5)ccc43)n2)cc1. The molecular weight excluding hydrogens is 1050 g/mol. The van der Waals surface area contributed by atoms with Gasteiger partial charge in [0.25, 0.3) is 0 Å². The Balaban J connectivity index is 0.797. The molecule has 8 nitrogen and oxygen atoms in total. The van der Waals surface area contributed by atoms with Crippen LogP contribution in [0.1, 0.15) is 45.2 Å². The van der Waals surface area contributed by atoms with Crippen LogP contribution in [0.25, 0.3) is 124 Å². The van der Waals surface area contributed by atoms with Gasteiger partial charge in [-0.05, 0) is 94.0 Å². The second-order valence-corrected chi connectivity index (χ2v) is 22.1. The molecule has 0 amide bonds. The summed E-state index contributed by atoms with van der Waals surface area (Å²) in [6.45, 7) is 0. The molecule has 0 saturated heterocycles. The fourth-order valence-corrected chi connectivity index (χ4v) is 13.3. The number of para-hydroxylation sites is 6. The summed E-state index contributed by atoms with van der Waals surface area (Å²) in [5.41, 5.74) is 24.9. The van der Waals surface area contributed by atoms with E-state index in [2.05, 4.69) is 264 Å². The molecular formula is C78H50N8. The summed E-state index contributed by atoms with van der Waals surface area (Å²) < 4.78 is 4.55. The molecule has 18 rings (SSSR count). The van der Waals surface area contributed by atoms with Crippen LogP contribution in [0.3, 0.4) is 0 Å². The highest BCUT2D eigenvalue weighted by molar-refractivity contribution is 5.89. The molecule has 4 aromatic heterocycles. The number of nitrogens with zero attached hydrogens (tertiary/aromatic N) is 8. The number of aromatic nitrogens is 8. The van der Waals surface area contributed by atoms with E-state index < -0.39 is 0 Å². The molecule has 2 unspecified atom stereocenters. The van der Waals surface area contributed by atoms with E-state index in [4.69, 9.17) is 29.9 Å². The summed E-state index contributed by atoms with van der Waals surface area (Å²) in [6.07, 6.45) is 0. The molecule has 402 valence electrons. The van der Waals surface area contributed by atoms with Gasteiger partial charge in [0.1, 0.15) is 11.6 Å². The lowest BCUT2D eigenvalue weighted by molar-refractivity contribution is 0.754. The van der Waals surface area contributed by atoms with Gasteiger partial charge >= 0.3 is 0 Å². The highest BCUT2D eigenvalue weighted by Crippen LogP contribution is 2.57. The summed E-state index contributed by atoms with van der Waals surface area (Å²) in [6, 6.07) is 103. The van der Waals surface area contributed by atoms with Crippen molar-refractivity contribution in [2.24, 2.45) is 0 Å². The van der Waals surface area contributed by atoms with Gasteiger partial charge in [0, 0.05) is 56.3 Å². The average molecular weight is 1100 g/mol. The molecule has 2 atom stereocenters. The third-order valence-corrected chi connectivity index (χ3v) is 17.2.